The number of carbonyl (C=O) groups is 1. The Morgan fingerprint density at radius 3 is 2.79 bits per heavy atom. The number of rotatable bonds is 4. The molecule has 1 atom stereocenters. The summed E-state index contributed by atoms with van der Waals surface area (Å²) in [6, 6.07) is 4.17. The van der Waals surface area contributed by atoms with Gasteiger partial charge in [0.05, 0.1) is 32.5 Å². The van der Waals surface area contributed by atoms with Gasteiger partial charge in [-0.2, -0.15) is 0 Å². The van der Waals surface area contributed by atoms with Crippen molar-refractivity contribution in [1.82, 2.24) is 9.80 Å². The van der Waals surface area contributed by atoms with Crippen LogP contribution >= 0.6 is 0 Å². The molecule has 2 aliphatic heterocycles. The topological polar surface area (TPSA) is 62.2 Å². The van der Waals surface area contributed by atoms with Crippen molar-refractivity contribution in [2.45, 2.75) is 12.0 Å². The van der Waals surface area contributed by atoms with Gasteiger partial charge in [-0.3, -0.25) is 9.69 Å². The first-order valence-electron chi connectivity index (χ1n) is 8.16. The number of hydrogen-bond donors (Lipinski definition) is 1. The van der Waals surface area contributed by atoms with Crippen LogP contribution in [0, 0.1) is 5.82 Å². The lowest BCUT2D eigenvalue weighted by Gasteiger charge is -2.33. The number of hydrogen-bond acceptors (Lipinski definition) is 5. The van der Waals surface area contributed by atoms with E-state index in [2.05, 4.69) is 4.90 Å². The van der Waals surface area contributed by atoms with Gasteiger partial charge in [-0.05, 0) is 24.6 Å². The Bertz CT molecular complexity index is 606. The molecule has 3 rings (SSSR count). The van der Waals surface area contributed by atoms with Crippen molar-refractivity contribution in [3.63, 3.8) is 0 Å². The van der Waals surface area contributed by atoms with Crippen LogP contribution in [0.15, 0.2) is 18.2 Å². The number of methoxy groups -OCH3 is 1. The Morgan fingerprint density at radius 1 is 1.38 bits per heavy atom. The van der Waals surface area contributed by atoms with Crippen molar-refractivity contribution < 1.29 is 23.8 Å². The van der Waals surface area contributed by atoms with Crippen LogP contribution in [-0.2, 0) is 4.74 Å². The summed E-state index contributed by atoms with van der Waals surface area (Å²) in [6.07, 6.45) is 0.523. The highest BCUT2D eigenvalue weighted by atomic mass is 19.1. The normalized spacial score (nSPS) is 25.0. The van der Waals surface area contributed by atoms with Gasteiger partial charge < -0.3 is 19.5 Å². The molecule has 2 saturated heterocycles. The van der Waals surface area contributed by atoms with Crippen LogP contribution in [0.3, 0.4) is 0 Å². The molecule has 0 bridgehead atoms. The third kappa shape index (κ3) is 3.68. The fourth-order valence-corrected chi connectivity index (χ4v) is 3.32. The zero-order chi connectivity index (χ0) is 17.2. The second kappa shape index (κ2) is 7.04. The molecule has 6 nitrogen and oxygen atoms in total. The van der Waals surface area contributed by atoms with Crippen LogP contribution in [0.5, 0.6) is 5.75 Å². The summed E-state index contributed by atoms with van der Waals surface area (Å²) < 4.78 is 24.0. The van der Waals surface area contributed by atoms with Crippen LogP contribution in [0.4, 0.5) is 4.39 Å². The number of halogens is 1. The zero-order valence-corrected chi connectivity index (χ0v) is 13.8. The largest absolute Gasteiger partial charge is 0.494 e. The van der Waals surface area contributed by atoms with Gasteiger partial charge in [0.15, 0.2) is 11.6 Å². The first-order valence-corrected chi connectivity index (χ1v) is 8.16. The molecule has 1 aromatic carbocycles. The van der Waals surface area contributed by atoms with E-state index in [1.54, 1.807) is 11.0 Å². The molecule has 1 N–H and O–H groups in total. The fourth-order valence-electron chi connectivity index (χ4n) is 3.32. The van der Waals surface area contributed by atoms with Gasteiger partial charge in [-0.15, -0.1) is 0 Å². The fraction of sp³-hybridized carbons (Fsp3) is 0.588. The summed E-state index contributed by atoms with van der Waals surface area (Å²) in [4.78, 5) is 16.3. The zero-order valence-electron chi connectivity index (χ0n) is 13.8. The highest BCUT2D eigenvalue weighted by Gasteiger charge is 2.40. The molecule has 0 saturated carbocycles. The first kappa shape index (κ1) is 17.1. The van der Waals surface area contributed by atoms with Crippen molar-refractivity contribution in [3.8, 4) is 5.75 Å². The van der Waals surface area contributed by atoms with Crippen LogP contribution in [0.2, 0.25) is 0 Å². The maximum absolute atomic E-state index is 13.8. The lowest BCUT2D eigenvalue weighted by molar-refractivity contribution is -0.0257. The summed E-state index contributed by atoms with van der Waals surface area (Å²) >= 11 is 0. The van der Waals surface area contributed by atoms with E-state index in [4.69, 9.17) is 9.47 Å². The van der Waals surface area contributed by atoms with E-state index in [1.807, 2.05) is 0 Å². The minimum atomic E-state index is -0.919. The lowest BCUT2D eigenvalue weighted by atomic mass is 10.0. The predicted molar refractivity (Wildman–Crippen MR) is 85.7 cm³/mol. The molecule has 1 unspecified atom stereocenters. The standard InChI is InChI=1S/C17H23FN2O4/c1-23-15-3-2-13(10-14(15)18)16(21)20-5-4-17(22,12-20)11-19-6-8-24-9-7-19/h2-3,10,22H,4-9,11-12H2,1H3. The average Bonchev–Trinajstić information content (AvgIpc) is 2.97. The molecular formula is C17H23FN2O4. The van der Waals surface area contributed by atoms with Gasteiger partial charge in [-0.25, -0.2) is 4.39 Å². The quantitative estimate of drug-likeness (QED) is 0.878. The summed E-state index contributed by atoms with van der Waals surface area (Å²) in [5, 5.41) is 10.8. The Kier molecular flexibility index (Phi) is 5.03. The minimum Gasteiger partial charge on any atom is -0.494 e. The number of amides is 1. The molecule has 1 amide bonds. The first-order chi connectivity index (χ1) is 11.5. The SMILES string of the molecule is COc1ccc(C(=O)N2CCC(O)(CN3CCOCC3)C2)cc1F. The molecular weight excluding hydrogens is 315 g/mol. The molecule has 0 aromatic heterocycles. The Labute approximate surface area is 140 Å². The Balaban J connectivity index is 1.63. The number of β-amino-alcohol motifs (C(OH)–C–C–N with tert-alkyl or cyclic N) is 1. The van der Waals surface area contributed by atoms with Gasteiger partial charge >= 0.3 is 0 Å². The molecule has 132 valence electrons. The number of likely N-dealkylation sites (tertiary alicyclic amines) is 1. The van der Waals surface area contributed by atoms with Crippen LogP contribution in [0.1, 0.15) is 16.8 Å². The number of ether oxygens (including phenoxy) is 2. The van der Waals surface area contributed by atoms with Gasteiger partial charge in [0.1, 0.15) is 0 Å². The maximum Gasteiger partial charge on any atom is 0.254 e. The molecule has 2 heterocycles. The van der Waals surface area contributed by atoms with Crippen molar-refractivity contribution >= 4 is 5.91 Å². The maximum atomic E-state index is 13.8. The van der Waals surface area contributed by atoms with Gasteiger partial charge in [0, 0.05) is 31.7 Å². The number of benzene rings is 1. The molecule has 2 aliphatic rings. The predicted octanol–water partition coefficient (Wildman–Crippen LogP) is 0.744. The van der Waals surface area contributed by atoms with Gasteiger partial charge in [-0.1, -0.05) is 0 Å². The van der Waals surface area contributed by atoms with Crippen LogP contribution in [-0.4, -0.2) is 79.5 Å². The number of carbonyl (C=O) groups excluding carboxylic acids is 1. The third-order valence-electron chi connectivity index (χ3n) is 4.64. The van der Waals surface area contributed by atoms with E-state index in [0.29, 0.717) is 32.7 Å². The highest BCUT2D eigenvalue weighted by Crippen LogP contribution is 2.26. The Hall–Kier alpha value is -1.70. The second-order valence-electron chi connectivity index (χ2n) is 6.44. The smallest absolute Gasteiger partial charge is 0.254 e. The summed E-state index contributed by atoms with van der Waals surface area (Å²) in [5.41, 5.74) is -0.651. The van der Waals surface area contributed by atoms with Crippen molar-refractivity contribution in [1.29, 1.82) is 0 Å². The molecule has 0 aliphatic carbocycles. The summed E-state index contributed by atoms with van der Waals surface area (Å²) in [7, 11) is 1.38. The molecule has 0 spiro atoms. The number of aliphatic hydroxyl groups is 1. The van der Waals surface area contributed by atoms with Crippen molar-refractivity contribution in [2.75, 3.05) is 53.0 Å². The third-order valence-corrected chi connectivity index (χ3v) is 4.64. The number of morpholine rings is 1. The molecule has 2 fully saturated rings. The van der Waals surface area contributed by atoms with Gasteiger partial charge in [0.25, 0.3) is 5.91 Å². The Morgan fingerprint density at radius 2 is 2.12 bits per heavy atom. The monoisotopic (exact) mass is 338 g/mol. The molecule has 24 heavy (non-hydrogen) atoms. The molecule has 0 radical (unpaired) electrons. The number of nitrogens with zero attached hydrogens (tertiary/aromatic N) is 2. The van der Waals surface area contributed by atoms with Crippen LogP contribution in [0.25, 0.3) is 0 Å². The van der Waals surface area contributed by atoms with Crippen molar-refractivity contribution in [2.24, 2.45) is 0 Å². The van der Waals surface area contributed by atoms with E-state index in [1.165, 1.54) is 19.2 Å². The average molecular weight is 338 g/mol. The minimum absolute atomic E-state index is 0.108. The van der Waals surface area contributed by atoms with E-state index in [9.17, 15) is 14.3 Å². The van der Waals surface area contributed by atoms with Crippen molar-refractivity contribution in [3.05, 3.63) is 29.6 Å². The summed E-state index contributed by atoms with van der Waals surface area (Å²) in [6.45, 7) is 4.18. The molecule has 1 aromatic rings. The summed E-state index contributed by atoms with van der Waals surface area (Å²) in [5.74, 6) is -0.725. The highest BCUT2D eigenvalue weighted by molar-refractivity contribution is 5.94. The second-order valence-corrected chi connectivity index (χ2v) is 6.44. The lowest BCUT2D eigenvalue weighted by Crippen LogP contribution is -2.49. The van der Waals surface area contributed by atoms with Gasteiger partial charge in [0.2, 0.25) is 0 Å². The van der Waals surface area contributed by atoms with E-state index < -0.39 is 11.4 Å². The van der Waals surface area contributed by atoms with E-state index >= 15 is 0 Å². The van der Waals surface area contributed by atoms with E-state index in [-0.39, 0.29) is 23.8 Å². The molecule has 7 heteroatoms. The van der Waals surface area contributed by atoms with Crippen LogP contribution < -0.4 is 4.74 Å². The van der Waals surface area contributed by atoms with E-state index in [0.717, 1.165) is 13.1 Å².